The van der Waals surface area contributed by atoms with Crippen molar-refractivity contribution in [1.29, 1.82) is 0 Å². The van der Waals surface area contributed by atoms with Crippen molar-refractivity contribution in [2.75, 3.05) is 19.8 Å². The predicted molar refractivity (Wildman–Crippen MR) is 99.8 cm³/mol. The van der Waals surface area contributed by atoms with E-state index in [0.717, 1.165) is 5.56 Å². The Kier molecular flexibility index (Phi) is 8.30. The van der Waals surface area contributed by atoms with Gasteiger partial charge in [-0.15, -0.1) is 0 Å². The van der Waals surface area contributed by atoms with Gasteiger partial charge in [0.2, 0.25) is 0 Å². The number of benzene rings is 1. The average Bonchev–Trinajstić information content (AvgIpc) is 2.71. The van der Waals surface area contributed by atoms with Gasteiger partial charge in [0.1, 0.15) is 11.5 Å². The van der Waals surface area contributed by atoms with Crippen molar-refractivity contribution >= 4 is 0 Å². The van der Waals surface area contributed by atoms with Crippen LogP contribution in [0.1, 0.15) is 38.3 Å². The van der Waals surface area contributed by atoms with E-state index in [9.17, 15) is 25.5 Å². The summed E-state index contributed by atoms with van der Waals surface area (Å²) in [7, 11) is 0. The first kappa shape index (κ1) is 22.2. The molecule has 6 N–H and O–H groups in total. The smallest absolute Gasteiger partial charge is 0.122 e. The third-order valence-corrected chi connectivity index (χ3v) is 5.11. The molecule has 0 amide bonds. The number of rotatable bonds is 4. The molecule has 0 radical (unpaired) electrons. The van der Waals surface area contributed by atoms with Gasteiger partial charge < -0.3 is 30.6 Å². The van der Waals surface area contributed by atoms with Crippen molar-refractivity contribution in [3.63, 3.8) is 0 Å². The highest BCUT2D eigenvalue weighted by molar-refractivity contribution is 5.44. The summed E-state index contributed by atoms with van der Waals surface area (Å²) in [5.74, 6) is -0.204. The van der Waals surface area contributed by atoms with E-state index in [-0.39, 0.29) is 43.9 Å². The van der Waals surface area contributed by atoms with Crippen molar-refractivity contribution in [2.45, 2.75) is 39.2 Å². The minimum absolute atomic E-state index is 0.0356. The monoisotopic (exact) mass is 366 g/mol. The fraction of sp³-hybridized carbons (Fsp3) is 0.500. The first-order valence-corrected chi connectivity index (χ1v) is 8.67. The van der Waals surface area contributed by atoms with Gasteiger partial charge >= 0.3 is 0 Å². The van der Waals surface area contributed by atoms with Gasteiger partial charge in [0.05, 0.1) is 19.8 Å². The second-order valence-corrected chi connectivity index (χ2v) is 6.58. The lowest BCUT2D eigenvalue weighted by Gasteiger charge is -2.36. The normalized spacial score (nSPS) is 23.0. The van der Waals surface area contributed by atoms with Crippen molar-refractivity contribution < 1.29 is 30.6 Å². The van der Waals surface area contributed by atoms with Crippen LogP contribution in [0.15, 0.2) is 41.2 Å². The number of allylic oxidation sites excluding steroid dienone is 1. The lowest BCUT2D eigenvalue weighted by atomic mass is 9.68. The SMILES string of the molecule is CC1C(CO)=C(O)C(CO)=CCC1(C)c1ccc(O)c(CO)c1.CCO. The van der Waals surface area contributed by atoms with E-state index in [1.54, 1.807) is 31.2 Å². The summed E-state index contributed by atoms with van der Waals surface area (Å²) in [6.07, 6.45) is 2.33. The maximum absolute atomic E-state index is 10.3. The van der Waals surface area contributed by atoms with Gasteiger partial charge in [-0.2, -0.15) is 0 Å². The van der Waals surface area contributed by atoms with Crippen LogP contribution < -0.4 is 0 Å². The van der Waals surface area contributed by atoms with Crippen LogP contribution in [0.2, 0.25) is 0 Å². The molecule has 6 nitrogen and oxygen atoms in total. The molecule has 1 aliphatic rings. The standard InChI is InChI=1S/C18H24O5.C2H6O/c1-11-15(10-21)17(23)12(8-19)5-6-18(11,2)14-3-4-16(22)13(7-14)9-20;1-2-3/h3-5,7,11,19-23H,6,8-10H2,1-2H3;3H,2H2,1H3. The fourth-order valence-corrected chi connectivity index (χ4v) is 3.19. The summed E-state index contributed by atoms with van der Waals surface area (Å²) >= 11 is 0. The zero-order valence-corrected chi connectivity index (χ0v) is 15.6. The van der Waals surface area contributed by atoms with E-state index in [0.29, 0.717) is 23.1 Å². The van der Waals surface area contributed by atoms with Gasteiger partial charge in [-0.05, 0) is 37.0 Å². The van der Waals surface area contributed by atoms with Crippen molar-refractivity contribution in [2.24, 2.45) is 5.92 Å². The van der Waals surface area contributed by atoms with Gasteiger partial charge in [-0.25, -0.2) is 0 Å². The summed E-state index contributed by atoms with van der Waals surface area (Å²) in [5, 5.41) is 56.1. The molecular formula is C20H30O6. The Bertz CT molecular complexity index is 664. The summed E-state index contributed by atoms with van der Waals surface area (Å²) in [6.45, 7) is 4.99. The molecule has 0 aliphatic heterocycles. The number of hydrogen-bond acceptors (Lipinski definition) is 6. The Hall–Kier alpha value is -1.86. The number of aliphatic hydroxyl groups is 5. The van der Waals surface area contributed by atoms with Gasteiger partial charge in [-0.1, -0.05) is 26.0 Å². The molecule has 0 fully saturated rings. The van der Waals surface area contributed by atoms with E-state index < -0.39 is 5.41 Å². The number of phenols is 1. The minimum atomic E-state index is -0.458. The molecule has 26 heavy (non-hydrogen) atoms. The molecule has 2 atom stereocenters. The van der Waals surface area contributed by atoms with Crippen LogP contribution in [0, 0.1) is 5.92 Å². The molecule has 0 saturated carbocycles. The molecule has 1 aromatic rings. The highest BCUT2D eigenvalue weighted by atomic mass is 16.3. The first-order chi connectivity index (χ1) is 12.3. The number of hydrogen-bond donors (Lipinski definition) is 6. The summed E-state index contributed by atoms with van der Waals surface area (Å²) < 4.78 is 0. The van der Waals surface area contributed by atoms with Gasteiger partial charge in [0.15, 0.2) is 0 Å². The third kappa shape index (κ3) is 4.45. The largest absolute Gasteiger partial charge is 0.508 e. The molecule has 1 aromatic carbocycles. The zero-order valence-electron chi connectivity index (χ0n) is 15.6. The first-order valence-electron chi connectivity index (χ1n) is 8.67. The van der Waals surface area contributed by atoms with Crippen LogP contribution in [0.3, 0.4) is 0 Å². The molecular weight excluding hydrogens is 336 g/mol. The summed E-state index contributed by atoms with van der Waals surface area (Å²) in [5.41, 5.74) is 1.75. The molecule has 1 aliphatic carbocycles. The van der Waals surface area contributed by atoms with Crippen LogP contribution >= 0.6 is 0 Å². The van der Waals surface area contributed by atoms with Crippen LogP contribution in [0.4, 0.5) is 0 Å². The number of aromatic hydroxyl groups is 1. The summed E-state index contributed by atoms with van der Waals surface area (Å²) in [4.78, 5) is 0. The van der Waals surface area contributed by atoms with Crippen molar-refractivity contribution in [3.05, 3.63) is 52.3 Å². The van der Waals surface area contributed by atoms with E-state index in [4.69, 9.17) is 5.11 Å². The maximum Gasteiger partial charge on any atom is 0.122 e. The average molecular weight is 366 g/mol. The quantitative estimate of drug-likeness (QED) is 0.484. The Morgan fingerprint density at radius 2 is 1.65 bits per heavy atom. The minimum Gasteiger partial charge on any atom is -0.508 e. The van der Waals surface area contributed by atoms with E-state index >= 15 is 0 Å². The Labute approximate surface area is 154 Å². The van der Waals surface area contributed by atoms with Crippen LogP contribution in [-0.4, -0.2) is 50.5 Å². The van der Waals surface area contributed by atoms with Crippen molar-refractivity contribution in [3.8, 4) is 5.75 Å². The Balaban J connectivity index is 0.00000105. The van der Waals surface area contributed by atoms with Gasteiger partial charge in [0, 0.05) is 28.7 Å². The predicted octanol–water partition coefficient (Wildman–Crippen LogP) is 1.90. The molecule has 146 valence electrons. The van der Waals surface area contributed by atoms with Crippen LogP contribution in [0.25, 0.3) is 0 Å². The second kappa shape index (κ2) is 9.73. The Morgan fingerprint density at radius 3 is 2.15 bits per heavy atom. The summed E-state index contributed by atoms with van der Waals surface area (Å²) in [6, 6.07) is 5.08. The van der Waals surface area contributed by atoms with Crippen molar-refractivity contribution in [1.82, 2.24) is 0 Å². The van der Waals surface area contributed by atoms with Crippen LogP contribution in [-0.2, 0) is 12.0 Å². The lowest BCUT2D eigenvalue weighted by Crippen LogP contribution is -2.32. The highest BCUT2D eigenvalue weighted by Crippen LogP contribution is 2.44. The second-order valence-electron chi connectivity index (χ2n) is 6.58. The topological polar surface area (TPSA) is 121 Å². The van der Waals surface area contributed by atoms with Gasteiger partial charge in [0.25, 0.3) is 0 Å². The zero-order chi connectivity index (χ0) is 19.9. The molecule has 0 bridgehead atoms. The van der Waals surface area contributed by atoms with E-state index in [1.165, 1.54) is 0 Å². The molecule has 2 rings (SSSR count). The Morgan fingerprint density at radius 1 is 1.04 bits per heavy atom. The van der Waals surface area contributed by atoms with E-state index in [2.05, 4.69) is 0 Å². The van der Waals surface area contributed by atoms with Crippen LogP contribution in [0.5, 0.6) is 5.75 Å². The molecule has 6 heteroatoms. The number of aliphatic hydroxyl groups excluding tert-OH is 5. The molecule has 0 heterocycles. The van der Waals surface area contributed by atoms with E-state index in [1.807, 2.05) is 13.8 Å². The van der Waals surface area contributed by atoms with Gasteiger partial charge in [-0.3, -0.25) is 0 Å². The molecule has 0 saturated heterocycles. The molecule has 0 spiro atoms. The molecule has 2 unspecified atom stereocenters. The highest BCUT2D eigenvalue weighted by Gasteiger charge is 2.38. The lowest BCUT2D eigenvalue weighted by molar-refractivity contribution is 0.261. The molecule has 0 aromatic heterocycles. The maximum atomic E-state index is 10.3. The third-order valence-electron chi connectivity index (χ3n) is 5.11. The fourth-order valence-electron chi connectivity index (χ4n) is 3.19.